The summed E-state index contributed by atoms with van der Waals surface area (Å²) in [5.74, 6) is 0.170. The first kappa shape index (κ1) is 15.1. The van der Waals surface area contributed by atoms with Crippen LogP contribution in [-0.2, 0) is 6.42 Å². The predicted octanol–water partition coefficient (Wildman–Crippen LogP) is 2.69. The fourth-order valence-electron chi connectivity index (χ4n) is 3.46. The number of aliphatic hydroxyl groups is 1. The number of aliphatic hydroxyl groups excluding tert-OH is 1. The Kier molecular flexibility index (Phi) is 4.78. The second-order valence-electron chi connectivity index (χ2n) is 6.28. The fourth-order valence-corrected chi connectivity index (χ4v) is 3.46. The lowest BCUT2D eigenvalue weighted by atomic mass is 9.99. The highest BCUT2D eigenvalue weighted by Gasteiger charge is 2.23. The van der Waals surface area contributed by atoms with Gasteiger partial charge < -0.3 is 15.7 Å². The zero-order valence-corrected chi connectivity index (χ0v) is 12.8. The van der Waals surface area contributed by atoms with Crippen LogP contribution in [0.15, 0.2) is 36.4 Å². The summed E-state index contributed by atoms with van der Waals surface area (Å²) in [7, 11) is 0. The molecule has 0 aromatic heterocycles. The average molecular weight is 300 g/mol. The summed E-state index contributed by atoms with van der Waals surface area (Å²) in [5.41, 5.74) is 2.61. The number of urea groups is 1. The van der Waals surface area contributed by atoms with E-state index >= 15 is 0 Å². The average Bonchev–Trinajstić information content (AvgIpc) is 2.88. The smallest absolute Gasteiger partial charge is 0.315 e. The van der Waals surface area contributed by atoms with Gasteiger partial charge in [-0.3, -0.25) is 0 Å². The molecular formula is C18H24N2O2. The molecule has 0 fully saturated rings. The van der Waals surface area contributed by atoms with Crippen LogP contribution in [0.2, 0.25) is 0 Å². The van der Waals surface area contributed by atoms with Crippen molar-refractivity contribution in [2.75, 3.05) is 6.61 Å². The highest BCUT2D eigenvalue weighted by Crippen LogP contribution is 2.28. The molecule has 3 rings (SSSR count). The number of hydrogen-bond donors (Lipinski definition) is 3. The lowest BCUT2D eigenvalue weighted by molar-refractivity contribution is 0.228. The van der Waals surface area contributed by atoms with E-state index in [0.29, 0.717) is 0 Å². The maximum absolute atomic E-state index is 12.3. The van der Waals surface area contributed by atoms with Gasteiger partial charge in [0, 0.05) is 18.6 Å². The second-order valence-corrected chi connectivity index (χ2v) is 6.28. The molecule has 2 aliphatic rings. The van der Waals surface area contributed by atoms with Gasteiger partial charge in [-0.15, -0.1) is 0 Å². The van der Waals surface area contributed by atoms with Crippen LogP contribution in [0.25, 0.3) is 0 Å². The van der Waals surface area contributed by atoms with Gasteiger partial charge in [-0.05, 0) is 36.8 Å². The number of aryl methyl sites for hydroxylation is 1. The third-order valence-corrected chi connectivity index (χ3v) is 4.65. The number of amides is 2. The Hall–Kier alpha value is -1.81. The van der Waals surface area contributed by atoms with Gasteiger partial charge in [0.1, 0.15) is 0 Å². The Labute approximate surface area is 131 Å². The van der Waals surface area contributed by atoms with Gasteiger partial charge >= 0.3 is 6.03 Å². The Morgan fingerprint density at radius 2 is 2.05 bits per heavy atom. The summed E-state index contributed by atoms with van der Waals surface area (Å²) < 4.78 is 0. The fraction of sp³-hybridized carbons (Fsp3) is 0.500. The quantitative estimate of drug-likeness (QED) is 0.594. The molecule has 2 aliphatic carbocycles. The van der Waals surface area contributed by atoms with Crippen LogP contribution >= 0.6 is 0 Å². The maximum Gasteiger partial charge on any atom is 0.315 e. The summed E-state index contributed by atoms with van der Waals surface area (Å²) in [6.07, 6.45) is 9.14. The van der Waals surface area contributed by atoms with Crippen molar-refractivity contribution in [3.63, 3.8) is 0 Å². The minimum absolute atomic E-state index is 0.0261. The zero-order chi connectivity index (χ0) is 15.4. The molecule has 118 valence electrons. The van der Waals surface area contributed by atoms with Crippen molar-refractivity contribution in [2.24, 2.45) is 5.92 Å². The molecule has 0 bridgehead atoms. The van der Waals surface area contributed by atoms with E-state index in [9.17, 15) is 4.79 Å². The molecular weight excluding hydrogens is 276 g/mol. The summed E-state index contributed by atoms with van der Waals surface area (Å²) >= 11 is 0. The molecule has 3 N–H and O–H groups in total. The molecule has 0 aliphatic heterocycles. The van der Waals surface area contributed by atoms with Gasteiger partial charge in [0.15, 0.2) is 0 Å². The standard InChI is InChI=1S/C18H24N2O2/c21-12-13-9-10-15(11-13)19-18(22)20-17-8-4-2-6-14-5-1-3-7-16(14)17/h1,3,5,7,9-10,13,15,17,21H,2,4,6,8,11-12H2,(H2,19,20,22)/t13-,15+,17+/m0/s1. The minimum atomic E-state index is -0.116. The van der Waals surface area contributed by atoms with E-state index in [1.165, 1.54) is 17.5 Å². The van der Waals surface area contributed by atoms with E-state index in [1.807, 2.05) is 18.2 Å². The molecule has 4 heteroatoms. The van der Waals surface area contributed by atoms with Gasteiger partial charge in [-0.1, -0.05) is 42.8 Å². The van der Waals surface area contributed by atoms with Crippen LogP contribution in [0.1, 0.15) is 42.9 Å². The van der Waals surface area contributed by atoms with Crippen LogP contribution in [-0.4, -0.2) is 23.8 Å². The first-order valence-electron chi connectivity index (χ1n) is 8.20. The number of benzene rings is 1. The Bertz CT molecular complexity index is 556. The molecule has 22 heavy (non-hydrogen) atoms. The topological polar surface area (TPSA) is 61.4 Å². The number of nitrogens with one attached hydrogen (secondary N) is 2. The lowest BCUT2D eigenvalue weighted by Crippen LogP contribution is -2.42. The highest BCUT2D eigenvalue weighted by molar-refractivity contribution is 5.75. The molecule has 2 amide bonds. The number of carbonyl (C=O) groups is 1. The van der Waals surface area contributed by atoms with Crippen molar-refractivity contribution in [3.8, 4) is 0 Å². The zero-order valence-electron chi connectivity index (χ0n) is 12.8. The Morgan fingerprint density at radius 1 is 1.18 bits per heavy atom. The largest absolute Gasteiger partial charge is 0.396 e. The SMILES string of the molecule is O=C(N[C@@H]1C=C[C@H](CO)C1)N[C@@H]1CCCCc2ccccc21. The summed E-state index contributed by atoms with van der Waals surface area (Å²) in [4.78, 5) is 12.3. The Balaban J connectivity index is 1.61. The molecule has 1 aromatic carbocycles. The molecule has 4 nitrogen and oxygen atoms in total. The van der Waals surface area contributed by atoms with Crippen molar-refractivity contribution in [1.29, 1.82) is 0 Å². The normalized spacial score (nSPS) is 27.0. The summed E-state index contributed by atoms with van der Waals surface area (Å²) in [5, 5.41) is 15.3. The third-order valence-electron chi connectivity index (χ3n) is 4.65. The molecule has 1 aromatic rings. The van der Waals surface area contributed by atoms with E-state index in [4.69, 9.17) is 5.11 Å². The van der Waals surface area contributed by atoms with Crippen LogP contribution < -0.4 is 10.6 Å². The molecule has 0 unspecified atom stereocenters. The molecule has 0 spiro atoms. The monoisotopic (exact) mass is 300 g/mol. The van der Waals surface area contributed by atoms with E-state index < -0.39 is 0 Å². The molecule has 3 atom stereocenters. The van der Waals surface area contributed by atoms with Gasteiger partial charge in [-0.2, -0.15) is 0 Å². The molecule has 0 radical (unpaired) electrons. The van der Waals surface area contributed by atoms with Crippen molar-refractivity contribution < 1.29 is 9.90 Å². The van der Waals surface area contributed by atoms with E-state index in [0.717, 1.165) is 25.7 Å². The van der Waals surface area contributed by atoms with E-state index in [2.05, 4.69) is 28.8 Å². The third kappa shape index (κ3) is 3.50. The van der Waals surface area contributed by atoms with Crippen LogP contribution in [0.4, 0.5) is 4.79 Å². The Morgan fingerprint density at radius 3 is 2.86 bits per heavy atom. The van der Waals surface area contributed by atoms with Crippen LogP contribution in [0.3, 0.4) is 0 Å². The van der Waals surface area contributed by atoms with E-state index in [1.54, 1.807) is 0 Å². The number of rotatable bonds is 3. The maximum atomic E-state index is 12.3. The van der Waals surface area contributed by atoms with Gasteiger partial charge in [-0.25, -0.2) is 4.79 Å². The van der Waals surface area contributed by atoms with Crippen molar-refractivity contribution in [2.45, 2.75) is 44.2 Å². The first-order valence-corrected chi connectivity index (χ1v) is 8.20. The van der Waals surface area contributed by atoms with Gasteiger partial charge in [0.05, 0.1) is 6.04 Å². The van der Waals surface area contributed by atoms with Gasteiger partial charge in [0.25, 0.3) is 0 Å². The number of carbonyl (C=O) groups excluding carboxylic acids is 1. The number of hydrogen-bond acceptors (Lipinski definition) is 2. The van der Waals surface area contributed by atoms with Crippen molar-refractivity contribution >= 4 is 6.03 Å². The van der Waals surface area contributed by atoms with Crippen LogP contribution in [0, 0.1) is 5.92 Å². The molecule has 0 saturated carbocycles. The molecule has 0 saturated heterocycles. The van der Waals surface area contributed by atoms with Crippen molar-refractivity contribution in [1.82, 2.24) is 10.6 Å². The first-order chi connectivity index (χ1) is 10.8. The summed E-state index contributed by atoms with van der Waals surface area (Å²) in [6, 6.07) is 8.41. The van der Waals surface area contributed by atoms with Gasteiger partial charge in [0.2, 0.25) is 0 Å². The van der Waals surface area contributed by atoms with E-state index in [-0.39, 0.29) is 30.6 Å². The minimum Gasteiger partial charge on any atom is -0.396 e. The lowest BCUT2D eigenvalue weighted by Gasteiger charge is -2.21. The number of fused-ring (bicyclic) bond motifs is 1. The van der Waals surface area contributed by atoms with Crippen LogP contribution in [0.5, 0.6) is 0 Å². The van der Waals surface area contributed by atoms with Crippen molar-refractivity contribution in [3.05, 3.63) is 47.5 Å². The molecule has 0 heterocycles. The predicted molar refractivity (Wildman–Crippen MR) is 86.5 cm³/mol. The highest BCUT2D eigenvalue weighted by atomic mass is 16.3. The summed E-state index contributed by atoms with van der Waals surface area (Å²) in [6.45, 7) is 0.145. The second kappa shape index (κ2) is 6.97.